The molecule has 2 amide bonds. The number of imide groups is 1. The van der Waals surface area contributed by atoms with Crippen LogP contribution < -0.4 is 5.32 Å². The Labute approximate surface area is 108 Å². The highest BCUT2D eigenvalue weighted by atomic mass is 32.2. The van der Waals surface area contributed by atoms with Crippen molar-refractivity contribution in [3.63, 3.8) is 0 Å². The highest BCUT2D eigenvalue weighted by Crippen LogP contribution is 2.40. The van der Waals surface area contributed by atoms with Gasteiger partial charge in [-0.1, -0.05) is 34.1 Å². The fourth-order valence-corrected chi connectivity index (χ4v) is 4.41. The van der Waals surface area contributed by atoms with Crippen molar-refractivity contribution in [3.05, 3.63) is 0 Å². The summed E-state index contributed by atoms with van der Waals surface area (Å²) >= 11 is 1.69. The number of hydrogen-bond donors (Lipinski definition) is 1. The van der Waals surface area contributed by atoms with Crippen molar-refractivity contribution >= 4 is 23.6 Å². The quantitative estimate of drug-likeness (QED) is 0.744. The van der Waals surface area contributed by atoms with Crippen LogP contribution in [0.15, 0.2) is 0 Å². The van der Waals surface area contributed by atoms with E-state index in [2.05, 4.69) is 33.0 Å². The van der Waals surface area contributed by atoms with Gasteiger partial charge in [0, 0.05) is 11.2 Å². The zero-order valence-electron chi connectivity index (χ0n) is 11.2. The molecule has 1 N–H and O–H groups in total. The van der Waals surface area contributed by atoms with E-state index >= 15 is 0 Å². The van der Waals surface area contributed by atoms with Crippen LogP contribution in [-0.2, 0) is 9.59 Å². The van der Waals surface area contributed by atoms with E-state index in [1.807, 2.05) is 0 Å². The number of nitrogens with one attached hydrogen (secondary N) is 1. The molecule has 1 saturated heterocycles. The molecular weight excluding hydrogens is 234 g/mol. The standard InChI is InChI=1S/C13H23NO2S/c1-5-6-13(4,8-9(2)3)17-10-7-11(15)14-12(10)16/h9-10H,5-8H2,1-4H3,(H,14,15,16). The summed E-state index contributed by atoms with van der Waals surface area (Å²) in [6, 6.07) is 0. The Bertz CT molecular complexity index is 304. The first-order valence-electron chi connectivity index (χ1n) is 6.38. The number of carbonyl (C=O) groups excluding carboxylic acids is 2. The van der Waals surface area contributed by atoms with Crippen LogP contribution in [0.25, 0.3) is 0 Å². The van der Waals surface area contributed by atoms with Gasteiger partial charge in [-0.2, -0.15) is 0 Å². The topological polar surface area (TPSA) is 46.2 Å². The Morgan fingerprint density at radius 2 is 2.12 bits per heavy atom. The molecule has 1 heterocycles. The van der Waals surface area contributed by atoms with Crippen molar-refractivity contribution in [1.29, 1.82) is 0 Å². The second-order valence-electron chi connectivity index (χ2n) is 5.52. The minimum Gasteiger partial charge on any atom is -0.295 e. The van der Waals surface area contributed by atoms with E-state index in [-0.39, 0.29) is 21.8 Å². The van der Waals surface area contributed by atoms with Crippen LogP contribution in [0, 0.1) is 5.92 Å². The molecule has 1 fully saturated rings. The second-order valence-corrected chi connectivity index (χ2v) is 7.31. The monoisotopic (exact) mass is 257 g/mol. The Morgan fingerprint density at radius 3 is 2.53 bits per heavy atom. The molecule has 0 aromatic carbocycles. The minimum absolute atomic E-state index is 0.105. The van der Waals surface area contributed by atoms with Crippen molar-refractivity contribution in [2.24, 2.45) is 5.92 Å². The maximum Gasteiger partial charge on any atom is 0.240 e. The third-order valence-corrected chi connectivity index (χ3v) is 4.58. The lowest BCUT2D eigenvalue weighted by Gasteiger charge is -2.32. The van der Waals surface area contributed by atoms with Crippen molar-refractivity contribution in [3.8, 4) is 0 Å². The zero-order chi connectivity index (χ0) is 13.1. The lowest BCUT2D eigenvalue weighted by Crippen LogP contribution is -2.30. The van der Waals surface area contributed by atoms with E-state index < -0.39 is 0 Å². The van der Waals surface area contributed by atoms with Crippen LogP contribution in [-0.4, -0.2) is 21.8 Å². The van der Waals surface area contributed by atoms with Crippen LogP contribution in [0.2, 0.25) is 0 Å². The zero-order valence-corrected chi connectivity index (χ0v) is 12.0. The van der Waals surface area contributed by atoms with Gasteiger partial charge < -0.3 is 0 Å². The molecule has 2 unspecified atom stereocenters. The molecule has 0 bridgehead atoms. The van der Waals surface area contributed by atoms with Crippen molar-refractivity contribution in [2.45, 2.75) is 63.4 Å². The summed E-state index contributed by atoms with van der Waals surface area (Å²) in [5.41, 5.74) is 0. The number of carbonyl (C=O) groups is 2. The lowest BCUT2D eigenvalue weighted by molar-refractivity contribution is -0.124. The van der Waals surface area contributed by atoms with Gasteiger partial charge in [0.25, 0.3) is 0 Å². The van der Waals surface area contributed by atoms with Gasteiger partial charge in [0.1, 0.15) is 0 Å². The van der Waals surface area contributed by atoms with Crippen LogP contribution in [0.3, 0.4) is 0 Å². The fourth-order valence-electron chi connectivity index (χ4n) is 2.57. The van der Waals surface area contributed by atoms with E-state index in [1.165, 1.54) is 0 Å². The molecule has 0 saturated carbocycles. The number of thioether (sulfide) groups is 1. The van der Waals surface area contributed by atoms with Gasteiger partial charge >= 0.3 is 0 Å². The Hall–Kier alpha value is -0.510. The summed E-state index contributed by atoms with van der Waals surface area (Å²) in [7, 11) is 0. The first-order valence-corrected chi connectivity index (χ1v) is 7.26. The van der Waals surface area contributed by atoms with Crippen LogP contribution in [0.5, 0.6) is 0 Å². The molecule has 2 atom stereocenters. The summed E-state index contributed by atoms with van der Waals surface area (Å²) < 4.78 is 0.107. The van der Waals surface area contributed by atoms with E-state index in [0.717, 1.165) is 19.3 Å². The van der Waals surface area contributed by atoms with Gasteiger partial charge in [-0.05, 0) is 18.8 Å². The lowest BCUT2D eigenvalue weighted by atomic mass is 9.94. The normalized spacial score (nSPS) is 23.9. The van der Waals surface area contributed by atoms with Crippen LogP contribution in [0.1, 0.15) is 53.4 Å². The SMILES string of the molecule is CCCC(C)(CC(C)C)SC1CC(=O)NC1=O. The van der Waals surface area contributed by atoms with E-state index in [4.69, 9.17) is 0 Å². The molecule has 17 heavy (non-hydrogen) atoms. The van der Waals surface area contributed by atoms with E-state index in [1.54, 1.807) is 11.8 Å². The summed E-state index contributed by atoms with van der Waals surface area (Å²) in [6.07, 6.45) is 3.64. The van der Waals surface area contributed by atoms with Crippen molar-refractivity contribution in [1.82, 2.24) is 5.32 Å². The fraction of sp³-hybridized carbons (Fsp3) is 0.846. The second kappa shape index (κ2) is 5.89. The highest BCUT2D eigenvalue weighted by Gasteiger charge is 2.37. The van der Waals surface area contributed by atoms with Gasteiger partial charge in [0.05, 0.1) is 5.25 Å². The molecule has 0 spiro atoms. The Kier molecular flexibility index (Phi) is 5.04. The molecule has 3 nitrogen and oxygen atoms in total. The largest absolute Gasteiger partial charge is 0.295 e. The molecule has 0 radical (unpaired) electrons. The third-order valence-electron chi connectivity index (χ3n) is 2.97. The van der Waals surface area contributed by atoms with E-state index in [0.29, 0.717) is 12.3 Å². The van der Waals surface area contributed by atoms with Gasteiger partial charge in [-0.3, -0.25) is 14.9 Å². The molecular formula is C13H23NO2S. The predicted octanol–water partition coefficient (Wildman–Crippen LogP) is 2.74. The molecule has 1 aliphatic rings. The van der Waals surface area contributed by atoms with Crippen LogP contribution in [0.4, 0.5) is 0 Å². The van der Waals surface area contributed by atoms with E-state index in [9.17, 15) is 9.59 Å². The summed E-state index contributed by atoms with van der Waals surface area (Å²) in [4.78, 5) is 22.8. The molecule has 4 heteroatoms. The first kappa shape index (κ1) is 14.6. The van der Waals surface area contributed by atoms with Gasteiger partial charge in [-0.25, -0.2) is 0 Å². The summed E-state index contributed by atoms with van der Waals surface area (Å²) in [6.45, 7) is 8.79. The highest BCUT2D eigenvalue weighted by molar-refractivity contribution is 8.02. The number of rotatable bonds is 6. The Balaban J connectivity index is 2.65. The molecule has 98 valence electrons. The van der Waals surface area contributed by atoms with Gasteiger partial charge in [0.15, 0.2) is 0 Å². The average molecular weight is 257 g/mol. The predicted molar refractivity (Wildman–Crippen MR) is 71.9 cm³/mol. The smallest absolute Gasteiger partial charge is 0.240 e. The molecule has 0 aliphatic carbocycles. The van der Waals surface area contributed by atoms with Crippen molar-refractivity contribution in [2.75, 3.05) is 0 Å². The molecule has 1 aliphatic heterocycles. The van der Waals surface area contributed by atoms with Crippen LogP contribution >= 0.6 is 11.8 Å². The first-order chi connectivity index (χ1) is 7.86. The number of hydrogen-bond acceptors (Lipinski definition) is 3. The molecule has 1 rings (SSSR count). The number of amides is 2. The Morgan fingerprint density at radius 1 is 1.47 bits per heavy atom. The molecule has 0 aromatic heterocycles. The third kappa shape index (κ3) is 4.34. The average Bonchev–Trinajstić information content (AvgIpc) is 2.43. The minimum atomic E-state index is -0.183. The maximum absolute atomic E-state index is 11.6. The van der Waals surface area contributed by atoms with Gasteiger partial charge in [0.2, 0.25) is 11.8 Å². The van der Waals surface area contributed by atoms with Gasteiger partial charge in [-0.15, -0.1) is 11.8 Å². The maximum atomic E-state index is 11.6. The summed E-state index contributed by atoms with van der Waals surface area (Å²) in [5, 5.41) is 2.20. The van der Waals surface area contributed by atoms with Crippen molar-refractivity contribution < 1.29 is 9.59 Å². The molecule has 0 aromatic rings. The summed E-state index contributed by atoms with van der Waals surface area (Å²) in [5.74, 6) is 0.376.